The lowest BCUT2D eigenvalue weighted by molar-refractivity contribution is -0.193. The number of alkyl halides is 12. The van der Waals surface area contributed by atoms with Gasteiger partial charge in [-0.3, -0.25) is 65.3 Å². The minimum Gasteiger partial charge on any atom is -0.475 e. The zero-order valence-electron chi connectivity index (χ0n) is 81.4. The summed E-state index contributed by atoms with van der Waals surface area (Å²) in [6.07, 6.45) is -17.1. The average Bonchev–Trinajstić information content (AvgIpc) is 1.62. The van der Waals surface area contributed by atoms with Gasteiger partial charge in [0.1, 0.15) is 0 Å². The van der Waals surface area contributed by atoms with E-state index in [0.29, 0.717) is 121 Å². The smallest absolute Gasteiger partial charge is 0.475 e. The van der Waals surface area contributed by atoms with E-state index in [1.54, 1.807) is 74.2 Å². The van der Waals surface area contributed by atoms with Gasteiger partial charge >= 0.3 is 60.5 Å². The second kappa shape index (κ2) is 53.1. The quantitative estimate of drug-likeness (QED) is 0.0325. The molecule has 14 rings (SSSR count). The van der Waals surface area contributed by atoms with Gasteiger partial charge in [0.2, 0.25) is 47.6 Å². The van der Waals surface area contributed by atoms with E-state index < -0.39 is 48.6 Å². The molecule has 6 saturated heterocycles. The number of aromatic nitrogens is 16. The van der Waals surface area contributed by atoms with Crippen LogP contribution in [0.2, 0.25) is 0 Å². The van der Waals surface area contributed by atoms with Crippen LogP contribution in [0.5, 0.6) is 0 Å². The van der Waals surface area contributed by atoms with Crippen molar-refractivity contribution in [2.75, 3.05) is 210 Å². The largest absolute Gasteiger partial charge is 0.490 e. The molecule has 44 nitrogen and oxygen atoms in total. The van der Waals surface area contributed by atoms with Crippen molar-refractivity contribution in [1.82, 2.24) is 97.7 Å². The number of nitrogens with zero attached hydrogens (tertiary/aromatic N) is 24. The van der Waals surface area contributed by atoms with Gasteiger partial charge in [0, 0.05) is 186 Å². The van der Waals surface area contributed by atoms with E-state index in [1.807, 2.05) is 60.8 Å². The molecule has 786 valence electrons. The van der Waals surface area contributed by atoms with Crippen molar-refractivity contribution in [2.45, 2.75) is 139 Å². The second-order valence-electron chi connectivity index (χ2n) is 31.9. The Bertz CT molecular complexity index is 5990. The Morgan fingerprint density at radius 2 is 0.587 bits per heavy atom. The number of carbonyl (C=O) groups excluding carboxylic acids is 2. The van der Waals surface area contributed by atoms with Gasteiger partial charge in [-0.05, 0) is 88.0 Å². The van der Waals surface area contributed by atoms with E-state index >= 15 is 0 Å². The van der Waals surface area contributed by atoms with Crippen LogP contribution in [0, 0.1) is 59.2 Å². The van der Waals surface area contributed by atoms with E-state index in [4.69, 9.17) is 84.0 Å². The molecular weight excluding hydrogens is 1920 g/mol. The van der Waals surface area contributed by atoms with Gasteiger partial charge in [-0.25, -0.2) is 19.2 Å². The Kier molecular flexibility index (Phi) is 43.0. The maximum absolute atomic E-state index is 13.5. The fourth-order valence-corrected chi connectivity index (χ4v) is 15.3. The van der Waals surface area contributed by atoms with Gasteiger partial charge in [-0.1, -0.05) is 23.7 Å². The zero-order valence-corrected chi connectivity index (χ0v) is 81.4. The first-order valence-electron chi connectivity index (χ1n) is 45.4. The number of hydrogen-bond acceptors (Lipinski definition) is 32. The number of esters is 2. The molecule has 14 heterocycles. The molecule has 56 heteroatoms. The monoisotopic (exact) mass is 2040 g/mol. The molecule has 6 aliphatic rings. The third kappa shape index (κ3) is 30.5. The van der Waals surface area contributed by atoms with Crippen LogP contribution in [0.4, 0.5) is 100 Å². The molecule has 0 unspecified atom stereocenters. The maximum atomic E-state index is 13.5. The molecule has 2 atom stereocenters. The lowest BCUT2D eigenvalue weighted by Gasteiger charge is -2.32. The molecule has 8 aromatic heterocycles. The molecule has 8 aromatic rings. The standard InChI is InChI=1S/2C22H31N7O3.C18H27N7O.C17H25N7O.4C2HF3O2/c2*1-4-6-12-29-17-18(25-22(29)27-13-9-23-10-14-27)24-21(26(3)19(17)30)28-11-7-8-16(15-28)20(31)32-5-2;1-5-8-11-25-14-15(21-18(25)24-12-9-19-10-13-24)20-17(22(4)16(14)26)23(6-2)7-3;1-5-7-10-24-13-14(20-17(24)23-11-8-18-9-12-23)19-16(21(3)6-2)22(4)15(13)25;4*3-2(4,5)1(6)7/h2*16,23H,5,7-15H2,1-3H3;19H,6-7,9-13H2,1-4H3;18H,6,8-12H2,1-4H3;4*(H,6,7)/t2*16-;;;;;;/m10....../s1. The van der Waals surface area contributed by atoms with Crippen LogP contribution in [-0.2, 0) is 92.6 Å². The van der Waals surface area contributed by atoms with Crippen LogP contribution < -0.4 is 82.7 Å². The minimum absolute atomic E-state index is 0.0799. The molecule has 0 amide bonds. The molecule has 0 aliphatic carbocycles. The van der Waals surface area contributed by atoms with Gasteiger partial charge in [0.15, 0.2) is 44.7 Å². The summed E-state index contributed by atoms with van der Waals surface area (Å²) in [6, 6.07) is 0. The molecule has 0 aromatic carbocycles. The number of rotatable bonds is 19. The molecule has 6 aliphatic heterocycles. The highest BCUT2D eigenvalue weighted by molar-refractivity contribution is 5.81. The van der Waals surface area contributed by atoms with Crippen LogP contribution in [0.25, 0.3) is 44.7 Å². The van der Waals surface area contributed by atoms with Gasteiger partial charge in [0.25, 0.3) is 22.2 Å². The normalized spacial score (nSPS) is 15.9. The van der Waals surface area contributed by atoms with Crippen molar-refractivity contribution < 1.29 is 111 Å². The van der Waals surface area contributed by atoms with Crippen LogP contribution in [-0.4, -0.2) is 328 Å². The number of piperidine rings is 2. The fraction of sp³-hybridized carbons (Fsp3) is 0.609. The van der Waals surface area contributed by atoms with E-state index in [9.17, 15) is 81.5 Å². The van der Waals surface area contributed by atoms with Crippen LogP contribution >= 0.6 is 0 Å². The molecular formula is C87H118F12N28O16. The number of carbonyl (C=O) groups is 6. The van der Waals surface area contributed by atoms with Gasteiger partial charge in [-0.2, -0.15) is 92.6 Å². The van der Waals surface area contributed by atoms with Gasteiger partial charge < -0.3 is 90.4 Å². The number of fused-ring (bicyclic) bond motifs is 4. The van der Waals surface area contributed by atoms with Crippen molar-refractivity contribution in [2.24, 2.45) is 40.0 Å². The lowest BCUT2D eigenvalue weighted by Crippen LogP contribution is -2.44. The lowest BCUT2D eigenvalue weighted by atomic mass is 9.98. The number of hydrogen-bond donors (Lipinski definition) is 8. The summed E-state index contributed by atoms with van der Waals surface area (Å²) in [5, 5.41) is 41.9. The first-order valence-corrected chi connectivity index (χ1v) is 45.4. The highest BCUT2D eigenvalue weighted by atomic mass is 19.4. The molecule has 0 spiro atoms. The summed E-state index contributed by atoms with van der Waals surface area (Å²) in [7, 11) is 8.90. The summed E-state index contributed by atoms with van der Waals surface area (Å²) in [5.41, 5.74) is 3.33. The first-order chi connectivity index (χ1) is 67.6. The number of ether oxygens (including phenoxy) is 2. The molecule has 143 heavy (non-hydrogen) atoms. The number of halogens is 12. The Morgan fingerprint density at radius 3 is 0.818 bits per heavy atom. The van der Waals surface area contributed by atoms with Crippen molar-refractivity contribution in [3.05, 3.63) is 41.4 Å². The van der Waals surface area contributed by atoms with E-state index in [-0.39, 0.29) is 46.0 Å². The second-order valence-corrected chi connectivity index (χ2v) is 31.9. The highest BCUT2D eigenvalue weighted by Crippen LogP contribution is 2.31. The maximum Gasteiger partial charge on any atom is 0.490 e. The van der Waals surface area contributed by atoms with Crippen molar-refractivity contribution in [3.8, 4) is 47.4 Å². The van der Waals surface area contributed by atoms with Crippen molar-refractivity contribution in [1.29, 1.82) is 0 Å². The summed E-state index contributed by atoms with van der Waals surface area (Å²) in [4.78, 5) is 168. The number of piperazine rings is 4. The minimum atomic E-state index is -5.08. The van der Waals surface area contributed by atoms with Crippen molar-refractivity contribution in [3.63, 3.8) is 0 Å². The Morgan fingerprint density at radius 1 is 0.357 bits per heavy atom. The highest BCUT2D eigenvalue weighted by Gasteiger charge is 2.42. The molecule has 0 bridgehead atoms. The topological polar surface area (TPSA) is 487 Å². The number of anilines is 8. The number of nitrogens with one attached hydrogen (secondary N) is 4. The predicted molar refractivity (Wildman–Crippen MR) is 506 cm³/mol. The summed E-state index contributed by atoms with van der Waals surface area (Å²) >= 11 is 0. The Hall–Kier alpha value is -14.1. The third-order valence-corrected chi connectivity index (χ3v) is 22.5. The van der Waals surface area contributed by atoms with Crippen LogP contribution in [0.15, 0.2) is 19.2 Å². The first kappa shape index (κ1) is 116. The zero-order chi connectivity index (χ0) is 106. The average molecular weight is 2040 g/mol. The third-order valence-electron chi connectivity index (χ3n) is 22.5. The van der Waals surface area contributed by atoms with Gasteiger partial charge in [0.05, 0.1) is 51.2 Å². The summed E-state index contributed by atoms with van der Waals surface area (Å²) in [5.74, 6) is 17.5. The van der Waals surface area contributed by atoms with E-state index in [1.165, 1.54) is 0 Å². The molecule has 0 radical (unpaired) electrons. The van der Waals surface area contributed by atoms with Crippen LogP contribution in [0.3, 0.4) is 0 Å². The van der Waals surface area contributed by atoms with Gasteiger partial charge in [-0.15, -0.1) is 23.7 Å². The Balaban J connectivity index is 0.000000238. The van der Waals surface area contributed by atoms with E-state index in [0.717, 1.165) is 187 Å². The molecule has 8 N–H and O–H groups in total. The molecule has 0 saturated carbocycles. The number of carboxylic acid groups (broad SMARTS) is 4. The Labute approximate surface area is 811 Å². The van der Waals surface area contributed by atoms with Crippen LogP contribution in [0.1, 0.15) is 88.0 Å². The molecule has 6 fully saturated rings. The number of imidazole rings is 4. The summed E-state index contributed by atoms with van der Waals surface area (Å²) < 4.78 is 151. The van der Waals surface area contributed by atoms with E-state index in [2.05, 4.69) is 112 Å². The predicted octanol–water partition coefficient (Wildman–Crippen LogP) is 3.65. The number of aliphatic carboxylic acids is 4. The SMILES string of the molecule is CC#CCn1c(N2CCNCC2)nc2nc(N(C)CC)n(C)c(=O)c21.CC#CCn1c(N2CCNCC2)nc2nc(N(CC)CC)n(C)c(=O)c21.CC#CCn1c(N2CCNCC2)nc2nc(N3CCC[C@@H](C(=O)OCC)C3)n(C)c(=O)c21.CC#CCn1c(N2CCNCC2)nc2nc(N3CCC[C@H](C(=O)OCC)C3)n(C)c(=O)c21.O=C(O)C(F)(F)F.O=C(O)C(F)(F)F.O=C(O)C(F)(F)F.O=C(O)C(F)(F)F. The number of carboxylic acids is 4. The summed E-state index contributed by atoms with van der Waals surface area (Å²) in [6.45, 7) is 37.8. The van der Waals surface area contributed by atoms with Crippen molar-refractivity contribution >= 4 is 128 Å². The fourth-order valence-electron chi connectivity index (χ4n) is 15.3.